The maximum absolute atomic E-state index is 4.29. The molecule has 2 aliphatic carbocycles. The third-order valence-electron chi connectivity index (χ3n) is 4.26. The van der Waals surface area contributed by atoms with E-state index in [2.05, 4.69) is 62.1 Å². The highest BCUT2D eigenvalue weighted by molar-refractivity contribution is 5.80. The molecule has 116 valence electrons. The molecule has 3 rings (SSSR count). The predicted octanol–water partition coefficient (Wildman–Crippen LogP) is 6.83. The molecule has 22 heavy (non-hydrogen) atoms. The summed E-state index contributed by atoms with van der Waals surface area (Å²) in [6, 6.07) is 9.00. The number of hydrogen-bond donors (Lipinski definition) is 0. The molecule has 0 atom stereocenters. The Morgan fingerprint density at radius 2 is 1.73 bits per heavy atom. The van der Waals surface area contributed by atoms with Crippen molar-refractivity contribution < 1.29 is 0 Å². The monoisotopic (exact) mass is 292 g/mol. The summed E-state index contributed by atoms with van der Waals surface area (Å²) in [5, 5.41) is 0. The van der Waals surface area contributed by atoms with Gasteiger partial charge in [0.1, 0.15) is 0 Å². The SMILES string of the molecule is C=C(C1=CCC=C(CC)C=C1)c1ccc(C2CC2)cc1.CC. The zero-order valence-electron chi connectivity index (χ0n) is 14.2. The number of hydrogen-bond acceptors (Lipinski definition) is 0. The average Bonchev–Trinajstić information content (AvgIpc) is 3.42. The molecular weight excluding hydrogens is 264 g/mol. The minimum absolute atomic E-state index is 0.825. The van der Waals surface area contributed by atoms with Crippen molar-refractivity contribution in [2.75, 3.05) is 0 Å². The predicted molar refractivity (Wildman–Crippen MR) is 99.0 cm³/mol. The molecule has 2 aliphatic rings. The van der Waals surface area contributed by atoms with Crippen molar-refractivity contribution in [1.82, 2.24) is 0 Å². The largest absolute Gasteiger partial charge is 0.0906 e. The van der Waals surface area contributed by atoms with Crippen LogP contribution in [0, 0.1) is 0 Å². The smallest absolute Gasteiger partial charge is 0.0154 e. The lowest BCUT2D eigenvalue weighted by atomic mass is 9.97. The first-order valence-corrected chi connectivity index (χ1v) is 8.65. The maximum Gasteiger partial charge on any atom is -0.0154 e. The average molecular weight is 292 g/mol. The van der Waals surface area contributed by atoms with Crippen molar-refractivity contribution in [3.63, 3.8) is 0 Å². The molecule has 0 heteroatoms. The molecule has 0 radical (unpaired) electrons. The van der Waals surface area contributed by atoms with Gasteiger partial charge in [0.25, 0.3) is 0 Å². The number of benzene rings is 1. The fourth-order valence-corrected chi connectivity index (χ4v) is 2.70. The van der Waals surface area contributed by atoms with E-state index >= 15 is 0 Å². The summed E-state index contributed by atoms with van der Waals surface area (Å²) in [6.07, 6.45) is 13.8. The molecule has 0 heterocycles. The van der Waals surface area contributed by atoms with Gasteiger partial charge in [0.05, 0.1) is 0 Å². The van der Waals surface area contributed by atoms with Crippen LogP contribution in [0.15, 0.2) is 66.3 Å². The quantitative estimate of drug-likeness (QED) is 0.570. The summed E-state index contributed by atoms with van der Waals surface area (Å²) >= 11 is 0. The van der Waals surface area contributed by atoms with E-state index < -0.39 is 0 Å². The van der Waals surface area contributed by atoms with Gasteiger partial charge in [0.2, 0.25) is 0 Å². The normalized spacial score (nSPS) is 16.9. The number of rotatable bonds is 4. The first-order valence-electron chi connectivity index (χ1n) is 8.65. The van der Waals surface area contributed by atoms with E-state index in [1.165, 1.54) is 35.1 Å². The van der Waals surface area contributed by atoms with Crippen LogP contribution in [0.1, 0.15) is 63.5 Å². The molecule has 1 aromatic rings. The lowest BCUT2D eigenvalue weighted by molar-refractivity contribution is 1.13. The molecular formula is C22H28. The molecule has 0 saturated heterocycles. The van der Waals surface area contributed by atoms with Crippen LogP contribution in [0.2, 0.25) is 0 Å². The number of allylic oxidation sites excluding steroid dienone is 7. The highest BCUT2D eigenvalue weighted by atomic mass is 14.3. The molecule has 0 nitrogen and oxygen atoms in total. The highest BCUT2D eigenvalue weighted by Crippen LogP contribution is 2.40. The molecule has 1 saturated carbocycles. The Hall–Kier alpha value is -1.82. The van der Waals surface area contributed by atoms with Crippen LogP contribution in [0.5, 0.6) is 0 Å². The van der Waals surface area contributed by atoms with E-state index in [1.807, 2.05) is 13.8 Å². The second-order valence-electron chi connectivity index (χ2n) is 5.74. The van der Waals surface area contributed by atoms with Crippen LogP contribution < -0.4 is 0 Å². The topological polar surface area (TPSA) is 0 Å². The lowest BCUT2D eigenvalue weighted by Crippen LogP contribution is -1.87. The minimum Gasteiger partial charge on any atom is -0.0906 e. The van der Waals surface area contributed by atoms with Gasteiger partial charge in [-0.15, -0.1) is 0 Å². The van der Waals surface area contributed by atoms with Gasteiger partial charge in [0.15, 0.2) is 0 Å². The molecule has 0 aliphatic heterocycles. The zero-order valence-corrected chi connectivity index (χ0v) is 14.2. The lowest BCUT2D eigenvalue weighted by Gasteiger charge is -2.08. The Morgan fingerprint density at radius 3 is 2.32 bits per heavy atom. The van der Waals surface area contributed by atoms with E-state index in [0.29, 0.717) is 0 Å². The first-order chi connectivity index (χ1) is 10.8. The molecule has 1 fully saturated rings. The second-order valence-corrected chi connectivity index (χ2v) is 5.74. The van der Waals surface area contributed by atoms with Gasteiger partial charge < -0.3 is 0 Å². The maximum atomic E-state index is 4.29. The van der Waals surface area contributed by atoms with Crippen molar-refractivity contribution in [3.8, 4) is 0 Å². The third-order valence-corrected chi connectivity index (χ3v) is 4.26. The van der Waals surface area contributed by atoms with Crippen molar-refractivity contribution in [2.45, 2.75) is 52.4 Å². The summed E-state index contributed by atoms with van der Waals surface area (Å²) in [5.74, 6) is 0.825. The third kappa shape index (κ3) is 4.10. The summed E-state index contributed by atoms with van der Waals surface area (Å²) in [7, 11) is 0. The van der Waals surface area contributed by atoms with Crippen LogP contribution in [0.3, 0.4) is 0 Å². The van der Waals surface area contributed by atoms with Crippen molar-refractivity contribution in [2.24, 2.45) is 0 Å². The Bertz CT molecular complexity index is 589. The fraction of sp³-hybridized carbons (Fsp3) is 0.364. The molecule has 0 amide bonds. The van der Waals surface area contributed by atoms with Crippen LogP contribution in [0.4, 0.5) is 0 Å². The summed E-state index contributed by atoms with van der Waals surface area (Å²) < 4.78 is 0. The highest BCUT2D eigenvalue weighted by Gasteiger charge is 2.23. The van der Waals surface area contributed by atoms with Gasteiger partial charge in [-0.2, -0.15) is 0 Å². The van der Waals surface area contributed by atoms with Gasteiger partial charge in [-0.05, 0) is 53.9 Å². The van der Waals surface area contributed by atoms with Crippen molar-refractivity contribution in [3.05, 3.63) is 77.4 Å². The van der Waals surface area contributed by atoms with Gasteiger partial charge in [-0.25, -0.2) is 0 Å². The van der Waals surface area contributed by atoms with Crippen LogP contribution in [-0.2, 0) is 0 Å². The molecule has 0 aromatic heterocycles. The van der Waals surface area contributed by atoms with Crippen LogP contribution in [0.25, 0.3) is 5.57 Å². The molecule has 1 aromatic carbocycles. The summed E-state index contributed by atoms with van der Waals surface area (Å²) in [4.78, 5) is 0. The van der Waals surface area contributed by atoms with Crippen LogP contribution in [-0.4, -0.2) is 0 Å². The van der Waals surface area contributed by atoms with Crippen molar-refractivity contribution >= 4 is 5.57 Å². The van der Waals surface area contributed by atoms with E-state index in [9.17, 15) is 0 Å². The van der Waals surface area contributed by atoms with E-state index in [-0.39, 0.29) is 0 Å². The van der Waals surface area contributed by atoms with E-state index in [4.69, 9.17) is 0 Å². The van der Waals surface area contributed by atoms with Gasteiger partial charge in [-0.3, -0.25) is 0 Å². The first kappa shape index (κ1) is 16.5. The second kappa shape index (κ2) is 7.98. The summed E-state index contributed by atoms with van der Waals surface area (Å²) in [6.45, 7) is 10.5. The Labute approximate surface area is 136 Å². The fourth-order valence-electron chi connectivity index (χ4n) is 2.70. The zero-order chi connectivity index (χ0) is 15.9. The Balaban J connectivity index is 0.000000847. The van der Waals surface area contributed by atoms with Crippen molar-refractivity contribution in [1.29, 1.82) is 0 Å². The van der Waals surface area contributed by atoms with Gasteiger partial charge in [-0.1, -0.05) is 81.5 Å². The van der Waals surface area contributed by atoms with E-state index in [1.54, 1.807) is 0 Å². The molecule has 0 spiro atoms. The van der Waals surface area contributed by atoms with Gasteiger partial charge in [0, 0.05) is 0 Å². The minimum atomic E-state index is 0.825. The van der Waals surface area contributed by atoms with Crippen LogP contribution >= 0.6 is 0 Å². The standard InChI is InChI=1S/C20H22.C2H6/c1-3-16-5-4-6-17(8-7-16)15(2)18-9-11-19(12-10-18)20-13-14-20;1-2/h5-12,20H,2-4,13-14H2,1H3;1-2H3. The van der Waals surface area contributed by atoms with E-state index in [0.717, 1.165) is 24.3 Å². The Kier molecular flexibility index (Phi) is 6.00. The molecule has 0 unspecified atom stereocenters. The van der Waals surface area contributed by atoms with Gasteiger partial charge >= 0.3 is 0 Å². The Morgan fingerprint density at radius 1 is 1.05 bits per heavy atom. The molecule has 0 bridgehead atoms. The molecule has 0 N–H and O–H groups in total. The summed E-state index contributed by atoms with van der Waals surface area (Å²) in [5.41, 5.74) is 6.53.